The molecule has 1 aliphatic heterocycles. The first-order valence-corrected chi connectivity index (χ1v) is 8.94. The third kappa shape index (κ3) is 2.98. The van der Waals surface area contributed by atoms with Crippen molar-refractivity contribution in [3.8, 4) is 5.69 Å². The summed E-state index contributed by atoms with van der Waals surface area (Å²) in [7, 11) is 0. The summed E-state index contributed by atoms with van der Waals surface area (Å²) in [4.78, 5) is 13.0. The van der Waals surface area contributed by atoms with Crippen molar-refractivity contribution >= 4 is 0 Å². The minimum atomic E-state index is -0.115. The normalized spacial score (nSPS) is 16.1. The van der Waals surface area contributed by atoms with Crippen molar-refractivity contribution in [2.24, 2.45) is 0 Å². The Labute approximate surface area is 152 Å². The van der Waals surface area contributed by atoms with Gasteiger partial charge in [0.1, 0.15) is 5.82 Å². The van der Waals surface area contributed by atoms with Crippen LogP contribution in [0.5, 0.6) is 0 Å². The van der Waals surface area contributed by atoms with Crippen LogP contribution in [-0.2, 0) is 0 Å². The zero-order valence-corrected chi connectivity index (χ0v) is 15.0. The van der Waals surface area contributed by atoms with Crippen molar-refractivity contribution < 1.29 is 0 Å². The van der Waals surface area contributed by atoms with Gasteiger partial charge >= 0.3 is 5.69 Å². The molecule has 1 fully saturated rings. The zero-order valence-electron chi connectivity index (χ0n) is 15.0. The zero-order chi connectivity index (χ0) is 18.1. The van der Waals surface area contributed by atoms with Crippen molar-refractivity contribution in [3.05, 3.63) is 82.0 Å². The lowest BCUT2D eigenvalue weighted by molar-refractivity contribution is 0.539. The molecular formula is C20H23N5O. The molecular weight excluding hydrogens is 326 g/mol. The maximum absolute atomic E-state index is 13.0. The third-order valence-electron chi connectivity index (χ3n) is 5.06. The first-order chi connectivity index (χ1) is 12.6. The molecule has 1 aromatic heterocycles. The molecule has 0 radical (unpaired) electrons. The molecule has 4 rings (SSSR count). The van der Waals surface area contributed by atoms with Gasteiger partial charge in [0.15, 0.2) is 0 Å². The Bertz CT molecular complexity index is 937. The molecule has 26 heavy (non-hydrogen) atoms. The first-order valence-electron chi connectivity index (χ1n) is 8.94. The summed E-state index contributed by atoms with van der Waals surface area (Å²) >= 11 is 0. The van der Waals surface area contributed by atoms with Gasteiger partial charge in [-0.2, -0.15) is 5.10 Å². The fraction of sp³-hybridized carbons (Fsp3) is 0.300. The number of hydrazine groups is 1. The molecule has 0 aliphatic carbocycles. The Balaban J connectivity index is 1.67. The van der Waals surface area contributed by atoms with Crippen molar-refractivity contribution in [1.82, 2.24) is 25.2 Å². The molecule has 1 unspecified atom stereocenters. The fourth-order valence-electron chi connectivity index (χ4n) is 3.50. The number of nitrogens with one attached hydrogen (secondary N) is 2. The third-order valence-corrected chi connectivity index (χ3v) is 5.06. The SMILES string of the molecule is Cc1nn(C(C)c2ccccc2)c(=O)n1-c1ccc(C2CNNC2)cc1. The van der Waals surface area contributed by atoms with Crippen LogP contribution < -0.4 is 16.5 Å². The summed E-state index contributed by atoms with van der Waals surface area (Å²) in [5, 5.41) is 4.51. The van der Waals surface area contributed by atoms with Gasteiger partial charge < -0.3 is 0 Å². The van der Waals surface area contributed by atoms with E-state index in [2.05, 4.69) is 28.1 Å². The van der Waals surface area contributed by atoms with Gasteiger partial charge in [-0.15, -0.1) is 0 Å². The number of hydrogen-bond donors (Lipinski definition) is 2. The van der Waals surface area contributed by atoms with Crippen LogP contribution in [0.3, 0.4) is 0 Å². The second kappa shape index (κ2) is 6.90. The summed E-state index contributed by atoms with van der Waals surface area (Å²) in [6.07, 6.45) is 0. The van der Waals surface area contributed by atoms with Crippen LogP contribution in [0.1, 0.15) is 35.8 Å². The summed E-state index contributed by atoms with van der Waals surface area (Å²) in [5.74, 6) is 1.15. The second-order valence-electron chi connectivity index (χ2n) is 6.75. The average Bonchev–Trinajstić information content (AvgIpc) is 3.30. The van der Waals surface area contributed by atoms with E-state index in [-0.39, 0.29) is 11.7 Å². The molecule has 3 aromatic rings. The van der Waals surface area contributed by atoms with E-state index in [0.29, 0.717) is 11.7 Å². The van der Waals surface area contributed by atoms with Crippen LogP contribution in [0.15, 0.2) is 59.4 Å². The van der Waals surface area contributed by atoms with E-state index < -0.39 is 0 Å². The number of aromatic nitrogens is 3. The van der Waals surface area contributed by atoms with Crippen molar-refractivity contribution in [3.63, 3.8) is 0 Å². The summed E-state index contributed by atoms with van der Waals surface area (Å²) in [6.45, 7) is 5.71. The van der Waals surface area contributed by atoms with Crippen LogP contribution in [0.4, 0.5) is 0 Å². The van der Waals surface area contributed by atoms with Gasteiger partial charge in [-0.1, -0.05) is 42.5 Å². The molecule has 2 aromatic carbocycles. The summed E-state index contributed by atoms with van der Waals surface area (Å²) in [6, 6.07) is 18.0. The highest BCUT2D eigenvalue weighted by atomic mass is 16.2. The highest BCUT2D eigenvalue weighted by Gasteiger charge is 2.19. The largest absolute Gasteiger partial charge is 0.351 e. The molecule has 134 valence electrons. The highest BCUT2D eigenvalue weighted by molar-refractivity contribution is 5.37. The predicted octanol–water partition coefficient (Wildman–Crippen LogP) is 2.14. The number of hydrogen-bond acceptors (Lipinski definition) is 4. The fourth-order valence-corrected chi connectivity index (χ4v) is 3.50. The van der Waals surface area contributed by atoms with Gasteiger partial charge in [0.2, 0.25) is 0 Å². The molecule has 1 atom stereocenters. The number of benzene rings is 2. The maximum Gasteiger partial charge on any atom is 0.351 e. The van der Waals surface area contributed by atoms with E-state index in [1.165, 1.54) is 5.56 Å². The van der Waals surface area contributed by atoms with E-state index in [4.69, 9.17) is 0 Å². The molecule has 1 aliphatic rings. The van der Waals surface area contributed by atoms with Crippen LogP contribution in [0.25, 0.3) is 5.69 Å². The van der Waals surface area contributed by atoms with E-state index >= 15 is 0 Å². The molecule has 6 nitrogen and oxygen atoms in total. The lowest BCUT2D eigenvalue weighted by Crippen LogP contribution is -2.27. The first kappa shape index (κ1) is 16.8. The Hall–Kier alpha value is -2.70. The van der Waals surface area contributed by atoms with Crippen LogP contribution >= 0.6 is 0 Å². The van der Waals surface area contributed by atoms with Crippen LogP contribution in [0, 0.1) is 6.92 Å². The van der Waals surface area contributed by atoms with E-state index in [0.717, 1.165) is 24.3 Å². The molecule has 2 N–H and O–H groups in total. The molecule has 0 saturated carbocycles. The van der Waals surface area contributed by atoms with Crippen molar-refractivity contribution in [2.75, 3.05) is 13.1 Å². The summed E-state index contributed by atoms with van der Waals surface area (Å²) < 4.78 is 3.23. The van der Waals surface area contributed by atoms with Gasteiger partial charge in [-0.3, -0.25) is 10.9 Å². The smallest absolute Gasteiger partial charge is 0.257 e. The number of nitrogens with zero attached hydrogens (tertiary/aromatic N) is 3. The van der Waals surface area contributed by atoms with E-state index in [1.807, 2.05) is 56.3 Å². The van der Waals surface area contributed by atoms with E-state index in [9.17, 15) is 4.79 Å². The van der Waals surface area contributed by atoms with Gasteiger partial charge in [-0.25, -0.2) is 14.0 Å². The quantitative estimate of drug-likeness (QED) is 0.758. The molecule has 1 saturated heterocycles. The Kier molecular flexibility index (Phi) is 4.44. The van der Waals surface area contributed by atoms with Crippen molar-refractivity contribution in [2.45, 2.75) is 25.8 Å². The van der Waals surface area contributed by atoms with Crippen LogP contribution in [0.2, 0.25) is 0 Å². The second-order valence-corrected chi connectivity index (χ2v) is 6.75. The Morgan fingerprint density at radius 3 is 2.35 bits per heavy atom. The Morgan fingerprint density at radius 2 is 1.69 bits per heavy atom. The van der Waals surface area contributed by atoms with E-state index in [1.54, 1.807) is 9.25 Å². The lowest BCUT2D eigenvalue weighted by atomic mass is 10.0. The van der Waals surface area contributed by atoms with Crippen molar-refractivity contribution in [1.29, 1.82) is 0 Å². The minimum absolute atomic E-state index is 0.112. The molecule has 0 spiro atoms. The molecule has 0 amide bonds. The minimum Gasteiger partial charge on any atom is -0.257 e. The average molecular weight is 349 g/mol. The predicted molar refractivity (Wildman–Crippen MR) is 102 cm³/mol. The van der Waals surface area contributed by atoms with Crippen LogP contribution in [-0.4, -0.2) is 27.4 Å². The summed E-state index contributed by atoms with van der Waals surface area (Å²) in [5.41, 5.74) is 9.36. The molecule has 6 heteroatoms. The van der Waals surface area contributed by atoms with Gasteiger partial charge in [0.25, 0.3) is 0 Å². The maximum atomic E-state index is 13.0. The lowest BCUT2D eigenvalue weighted by Gasteiger charge is -2.11. The standard InChI is InChI=1S/C20H23N5O/c1-14(16-6-4-3-5-7-16)25-20(26)24(15(2)23-25)19-10-8-17(9-11-19)18-12-21-22-13-18/h3-11,14,18,21-22H,12-13H2,1-2H3. The molecule has 0 bridgehead atoms. The highest BCUT2D eigenvalue weighted by Crippen LogP contribution is 2.20. The topological polar surface area (TPSA) is 63.9 Å². The van der Waals surface area contributed by atoms with Gasteiger partial charge in [0, 0.05) is 19.0 Å². The van der Waals surface area contributed by atoms with Gasteiger partial charge in [0.05, 0.1) is 11.7 Å². The van der Waals surface area contributed by atoms with Gasteiger partial charge in [-0.05, 0) is 37.1 Å². The number of aryl methyl sites for hydroxylation is 1. The molecule has 2 heterocycles. The Morgan fingerprint density at radius 1 is 1.04 bits per heavy atom. The monoisotopic (exact) mass is 349 g/mol. The number of rotatable bonds is 4.